The van der Waals surface area contributed by atoms with Crippen LogP contribution in [0.15, 0.2) is 30.3 Å². The summed E-state index contributed by atoms with van der Waals surface area (Å²) in [7, 11) is 2.63. The molecule has 0 saturated heterocycles. The maximum atomic E-state index is 2.63. The van der Waals surface area contributed by atoms with Crippen molar-refractivity contribution in [2.45, 2.75) is 0 Å². The lowest BCUT2D eigenvalue weighted by atomic mass is 10.4. The Bertz CT molecular complexity index is 143. The van der Waals surface area contributed by atoms with Gasteiger partial charge in [-0.1, -0.05) is 30.3 Å². The molecule has 3 heteroatoms. The Morgan fingerprint density at radius 1 is 1.00 bits per heavy atom. The third kappa shape index (κ3) is 4.58. The summed E-state index contributed by atoms with van der Waals surface area (Å²) < 4.78 is 0. The minimum atomic E-state index is 0. The van der Waals surface area contributed by atoms with Gasteiger partial charge in [-0.3, -0.25) is 0 Å². The molecular formula is C6H10BrOP. The Balaban J connectivity index is 0. The lowest BCUT2D eigenvalue weighted by molar-refractivity contribution is 0.824. The second kappa shape index (κ2) is 6.21. The molecule has 0 heterocycles. The van der Waals surface area contributed by atoms with Crippen molar-refractivity contribution in [3.05, 3.63) is 30.3 Å². The molecule has 0 spiro atoms. The maximum Gasteiger partial charge on any atom is -0.0303 e. The molecule has 0 fully saturated rings. The Hall–Kier alpha value is 0.0900. The first-order chi connectivity index (χ1) is 3.39. The van der Waals surface area contributed by atoms with Crippen molar-refractivity contribution in [2.75, 3.05) is 0 Å². The van der Waals surface area contributed by atoms with Crippen LogP contribution in [0.3, 0.4) is 0 Å². The minimum absolute atomic E-state index is 0. The maximum absolute atomic E-state index is 2.63. The first-order valence-corrected chi connectivity index (χ1v) is 2.78. The Labute approximate surface area is 67.8 Å². The van der Waals surface area contributed by atoms with Crippen LogP contribution in [0.5, 0.6) is 0 Å². The van der Waals surface area contributed by atoms with Crippen LogP contribution in [-0.2, 0) is 0 Å². The molecular weight excluding hydrogens is 199 g/mol. The molecule has 1 aromatic rings. The fourth-order valence-corrected chi connectivity index (χ4v) is 0.675. The van der Waals surface area contributed by atoms with E-state index in [4.69, 9.17) is 0 Å². The van der Waals surface area contributed by atoms with Gasteiger partial charge in [-0.05, 0) is 5.30 Å². The largest absolute Gasteiger partial charge is 0.412 e. The van der Waals surface area contributed by atoms with Crippen LogP contribution in [0.25, 0.3) is 0 Å². The molecule has 1 rings (SSSR count). The number of hydrogen-bond donors (Lipinski definition) is 0. The Morgan fingerprint density at radius 3 is 1.67 bits per heavy atom. The van der Waals surface area contributed by atoms with Crippen LogP contribution in [0.4, 0.5) is 0 Å². The van der Waals surface area contributed by atoms with Crippen LogP contribution >= 0.6 is 26.2 Å². The average Bonchev–Trinajstić information content (AvgIpc) is 1.69. The summed E-state index contributed by atoms with van der Waals surface area (Å²) in [5, 5.41) is 1.24. The summed E-state index contributed by atoms with van der Waals surface area (Å²) in [5.74, 6) is 0. The number of rotatable bonds is 0. The van der Waals surface area contributed by atoms with Crippen LogP contribution in [0.1, 0.15) is 0 Å². The molecule has 1 nitrogen and oxygen atoms in total. The summed E-state index contributed by atoms with van der Waals surface area (Å²) in [4.78, 5) is 0. The molecule has 0 amide bonds. The lowest BCUT2D eigenvalue weighted by Gasteiger charge is -1.82. The number of halogens is 1. The molecule has 1 atom stereocenters. The van der Waals surface area contributed by atoms with Gasteiger partial charge in [0.25, 0.3) is 0 Å². The second-order valence-corrected chi connectivity index (χ2v) is 2.08. The summed E-state index contributed by atoms with van der Waals surface area (Å²) in [6, 6.07) is 10.1. The summed E-state index contributed by atoms with van der Waals surface area (Å²) in [6.45, 7) is 0. The molecule has 0 aliphatic rings. The predicted molar refractivity (Wildman–Crippen MR) is 49.7 cm³/mol. The fourth-order valence-electron chi connectivity index (χ4n) is 0.453. The second-order valence-electron chi connectivity index (χ2n) is 1.41. The van der Waals surface area contributed by atoms with E-state index in [2.05, 4.69) is 9.24 Å². The molecule has 1 aromatic carbocycles. The highest BCUT2D eigenvalue weighted by Gasteiger charge is 1.72. The van der Waals surface area contributed by atoms with Gasteiger partial charge in [0.05, 0.1) is 0 Å². The zero-order valence-electron chi connectivity index (χ0n) is 4.87. The molecule has 0 bridgehead atoms. The van der Waals surface area contributed by atoms with Gasteiger partial charge in [0.2, 0.25) is 0 Å². The highest BCUT2D eigenvalue weighted by Crippen LogP contribution is 1.86. The van der Waals surface area contributed by atoms with Crippen molar-refractivity contribution in [1.29, 1.82) is 0 Å². The molecule has 0 saturated carbocycles. The Morgan fingerprint density at radius 2 is 1.44 bits per heavy atom. The van der Waals surface area contributed by atoms with Crippen LogP contribution < -0.4 is 5.30 Å². The predicted octanol–water partition coefficient (Wildman–Crippen LogP) is 0.940. The van der Waals surface area contributed by atoms with Gasteiger partial charge in [0.1, 0.15) is 0 Å². The highest BCUT2D eigenvalue weighted by atomic mass is 79.9. The zero-order valence-corrected chi connectivity index (χ0v) is 7.74. The smallest absolute Gasteiger partial charge is 0.0303 e. The summed E-state index contributed by atoms with van der Waals surface area (Å²) in [6.07, 6.45) is 0. The van der Waals surface area contributed by atoms with E-state index in [9.17, 15) is 0 Å². The molecule has 2 N–H and O–H groups in total. The lowest BCUT2D eigenvalue weighted by Crippen LogP contribution is -1.82. The van der Waals surface area contributed by atoms with E-state index >= 15 is 0 Å². The van der Waals surface area contributed by atoms with Crippen LogP contribution in [-0.4, -0.2) is 5.48 Å². The van der Waals surface area contributed by atoms with Gasteiger partial charge in [-0.15, -0.1) is 26.2 Å². The summed E-state index contributed by atoms with van der Waals surface area (Å²) in [5.41, 5.74) is 0. The first kappa shape index (κ1) is 11.8. The standard InChI is InChI=1S/C6H7P.BrH.H2O/c7-6-4-2-1-3-5-6;;/h1-5H,7H2;1H;1H2. The fraction of sp³-hybridized carbons (Fsp3) is 0. The number of benzene rings is 1. The van der Waals surface area contributed by atoms with Gasteiger partial charge < -0.3 is 5.48 Å². The molecule has 0 aliphatic heterocycles. The monoisotopic (exact) mass is 208 g/mol. The van der Waals surface area contributed by atoms with Gasteiger partial charge >= 0.3 is 0 Å². The van der Waals surface area contributed by atoms with E-state index in [1.54, 1.807) is 0 Å². The van der Waals surface area contributed by atoms with Crippen molar-refractivity contribution in [3.8, 4) is 0 Å². The molecule has 1 unspecified atom stereocenters. The van der Waals surface area contributed by atoms with Crippen LogP contribution in [0.2, 0.25) is 0 Å². The van der Waals surface area contributed by atoms with Crippen molar-refractivity contribution < 1.29 is 5.48 Å². The van der Waals surface area contributed by atoms with Crippen molar-refractivity contribution in [2.24, 2.45) is 0 Å². The minimum Gasteiger partial charge on any atom is -0.412 e. The van der Waals surface area contributed by atoms with E-state index in [1.807, 2.05) is 30.3 Å². The topological polar surface area (TPSA) is 31.5 Å². The van der Waals surface area contributed by atoms with E-state index in [0.717, 1.165) is 0 Å². The molecule has 9 heavy (non-hydrogen) atoms. The normalized spacial score (nSPS) is 6.78. The van der Waals surface area contributed by atoms with Gasteiger partial charge in [-0.25, -0.2) is 0 Å². The zero-order chi connectivity index (χ0) is 5.11. The highest BCUT2D eigenvalue weighted by molar-refractivity contribution is 8.93. The van der Waals surface area contributed by atoms with Crippen molar-refractivity contribution in [3.63, 3.8) is 0 Å². The molecule has 52 valence electrons. The van der Waals surface area contributed by atoms with E-state index in [-0.39, 0.29) is 22.5 Å². The van der Waals surface area contributed by atoms with Gasteiger partial charge in [0, 0.05) is 0 Å². The molecule has 0 radical (unpaired) electrons. The van der Waals surface area contributed by atoms with Crippen molar-refractivity contribution >= 4 is 31.5 Å². The van der Waals surface area contributed by atoms with Gasteiger partial charge in [-0.2, -0.15) is 0 Å². The molecule has 0 aliphatic carbocycles. The number of hydrogen-bond acceptors (Lipinski definition) is 0. The van der Waals surface area contributed by atoms with E-state index < -0.39 is 0 Å². The van der Waals surface area contributed by atoms with E-state index in [1.165, 1.54) is 5.30 Å². The summed E-state index contributed by atoms with van der Waals surface area (Å²) >= 11 is 0. The average molecular weight is 209 g/mol. The SMILES string of the molecule is Br.O.Pc1ccccc1. The van der Waals surface area contributed by atoms with Crippen molar-refractivity contribution in [1.82, 2.24) is 0 Å². The third-order valence-corrected chi connectivity index (χ3v) is 1.18. The molecule has 0 aromatic heterocycles. The van der Waals surface area contributed by atoms with Gasteiger partial charge in [0.15, 0.2) is 0 Å². The van der Waals surface area contributed by atoms with Crippen LogP contribution in [0, 0.1) is 0 Å². The third-order valence-electron chi connectivity index (χ3n) is 0.800. The first-order valence-electron chi connectivity index (χ1n) is 2.20. The Kier molecular flexibility index (Phi) is 8.17. The van der Waals surface area contributed by atoms with E-state index in [0.29, 0.717) is 0 Å². The quantitative estimate of drug-likeness (QED) is 0.569.